The second-order valence-corrected chi connectivity index (χ2v) is 4.89. The molecule has 0 aromatic carbocycles. The normalized spacial score (nSPS) is 9.53. The maximum Gasteiger partial charge on any atom is -0.0533 e. The summed E-state index contributed by atoms with van der Waals surface area (Å²) in [6, 6.07) is 0. The van der Waals surface area contributed by atoms with Gasteiger partial charge in [-0.1, -0.05) is 97.3 Å². The van der Waals surface area contributed by atoms with Gasteiger partial charge in [0.2, 0.25) is 0 Å². The van der Waals surface area contributed by atoms with Gasteiger partial charge in [0, 0.05) is 0 Å². The van der Waals surface area contributed by atoms with Gasteiger partial charge in [-0.25, -0.2) is 0 Å². The summed E-state index contributed by atoms with van der Waals surface area (Å²) in [4.78, 5) is 0. The molecule has 0 bridgehead atoms. The van der Waals surface area contributed by atoms with Crippen molar-refractivity contribution in [2.45, 2.75) is 97.3 Å². The van der Waals surface area contributed by atoms with E-state index in [0.717, 1.165) is 0 Å². The minimum atomic E-state index is 0. The first kappa shape index (κ1) is 23.0. The Morgan fingerprint density at radius 2 is 0.588 bits per heavy atom. The Balaban J connectivity index is -0.000000980. The highest BCUT2D eigenvalue weighted by atomic mass is 79.9. The summed E-state index contributed by atoms with van der Waals surface area (Å²) in [5.41, 5.74) is 0. The molecule has 0 radical (unpaired) electrons. The first-order chi connectivity index (χ1) is 7.41. The molecule has 0 aromatic rings. The first-order valence-corrected chi connectivity index (χ1v) is 7.41. The van der Waals surface area contributed by atoms with Crippen LogP contribution in [0.1, 0.15) is 97.3 Å². The van der Waals surface area contributed by atoms with Crippen LogP contribution in [0.4, 0.5) is 0 Å². The van der Waals surface area contributed by atoms with Crippen LogP contribution < -0.4 is 0 Å². The molecule has 0 nitrogen and oxygen atoms in total. The molecule has 0 heterocycles. The van der Waals surface area contributed by atoms with Crippen molar-refractivity contribution in [3.05, 3.63) is 0 Å². The van der Waals surface area contributed by atoms with Gasteiger partial charge >= 0.3 is 0 Å². The van der Waals surface area contributed by atoms with Crippen LogP contribution in [0.3, 0.4) is 0 Å². The quantitative estimate of drug-likeness (QED) is 0.275. The molecule has 108 valence electrons. The molecular weight excluding hydrogens is 291 g/mol. The highest BCUT2D eigenvalue weighted by molar-refractivity contribution is 8.93. The van der Waals surface area contributed by atoms with Gasteiger partial charge < -0.3 is 0 Å². The minimum Gasteiger partial charge on any atom is -0.153 e. The zero-order chi connectivity index (χ0) is 11.2. The minimum absolute atomic E-state index is 0. The zero-order valence-corrected chi connectivity index (χ0v) is 15.4. The second kappa shape index (κ2) is 22.1. The van der Waals surface area contributed by atoms with Gasteiger partial charge in [0.15, 0.2) is 0 Å². The predicted octanol–water partition coefficient (Wildman–Crippen LogP) is 6.73. The Morgan fingerprint density at radius 1 is 0.412 bits per heavy atom. The van der Waals surface area contributed by atoms with Crippen LogP contribution in [-0.4, -0.2) is 0 Å². The largest absolute Gasteiger partial charge is 0.153 e. The smallest absolute Gasteiger partial charge is 0.0533 e. The van der Waals surface area contributed by atoms with Gasteiger partial charge in [-0.05, 0) is 0 Å². The molecule has 0 aliphatic carbocycles. The van der Waals surface area contributed by atoms with Crippen molar-refractivity contribution in [2.75, 3.05) is 0 Å². The number of halogens is 1. The van der Waals surface area contributed by atoms with E-state index in [2.05, 4.69) is 13.8 Å². The molecule has 0 aromatic heterocycles. The average molecular weight is 327 g/mol. The van der Waals surface area contributed by atoms with Crippen molar-refractivity contribution in [2.24, 2.45) is 0 Å². The molecule has 0 aliphatic rings. The van der Waals surface area contributed by atoms with E-state index in [4.69, 9.17) is 0 Å². The maximum absolute atomic E-state index is 2.29. The van der Waals surface area contributed by atoms with Crippen LogP contribution in [0.25, 0.3) is 0 Å². The Labute approximate surface area is 124 Å². The van der Waals surface area contributed by atoms with E-state index < -0.39 is 0 Å². The topological polar surface area (TPSA) is 0 Å². The van der Waals surface area contributed by atoms with Crippen LogP contribution in [0.15, 0.2) is 0 Å². The van der Waals surface area contributed by atoms with Crippen LogP contribution >= 0.6 is 26.9 Å². The van der Waals surface area contributed by atoms with Crippen molar-refractivity contribution in [1.82, 2.24) is 0 Å². The highest BCUT2D eigenvalue weighted by Crippen LogP contribution is 2.12. The van der Waals surface area contributed by atoms with Crippen LogP contribution in [0.5, 0.6) is 0 Å². The van der Waals surface area contributed by atoms with Crippen molar-refractivity contribution in [3.8, 4) is 0 Å². The van der Waals surface area contributed by atoms with Crippen LogP contribution in [0, 0.1) is 0 Å². The second-order valence-electron chi connectivity index (χ2n) is 4.89. The molecule has 0 saturated heterocycles. The molecular formula is C15H36BrP. The molecule has 0 N–H and O–H groups in total. The average Bonchev–Trinajstić information content (AvgIpc) is 2.26. The monoisotopic (exact) mass is 326 g/mol. The van der Waals surface area contributed by atoms with E-state index in [1.165, 1.54) is 83.5 Å². The molecule has 1 atom stereocenters. The number of rotatable bonds is 12. The fraction of sp³-hybridized carbons (Fsp3) is 1.00. The molecule has 0 amide bonds. The van der Waals surface area contributed by atoms with E-state index >= 15 is 0 Å². The Hall–Kier alpha value is 0.910. The molecule has 0 saturated carbocycles. The summed E-state index contributed by atoms with van der Waals surface area (Å²) in [5, 5.41) is 0. The van der Waals surface area contributed by atoms with Crippen molar-refractivity contribution in [1.29, 1.82) is 0 Å². The van der Waals surface area contributed by atoms with Gasteiger partial charge in [-0.15, -0.1) is 17.0 Å². The third-order valence-corrected chi connectivity index (χ3v) is 3.21. The fourth-order valence-electron chi connectivity index (χ4n) is 2.09. The molecule has 0 aliphatic heterocycles. The maximum atomic E-state index is 2.29. The molecule has 17 heavy (non-hydrogen) atoms. The number of hydrogen-bond acceptors (Lipinski definition) is 0. The van der Waals surface area contributed by atoms with Crippen molar-refractivity contribution < 1.29 is 0 Å². The van der Waals surface area contributed by atoms with E-state index in [1.54, 1.807) is 0 Å². The van der Waals surface area contributed by atoms with Gasteiger partial charge in [0.05, 0.1) is 0 Å². The lowest BCUT2D eigenvalue weighted by Gasteiger charge is -2.01. The zero-order valence-electron chi connectivity index (χ0n) is 12.3. The van der Waals surface area contributed by atoms with Crippen molar-refractivity contribution >= 4 is 26.9 Å². The lowest BCUT2D eigenvalue weighted by Crippen LogP contribution is -1.82. The van der Waals surface area contributed by atoms with Gasteiger partial charge in [0.25, 0.3) is 0 Å². The third kappa shape index (κ3) is 22.6. The molecule has 0 rings (SSSR count). The fourth-order valence-corrected chi connectivity index (χ4v) is 2.09. The molecule has 2 heteroatoms. The predicted molar refractivity (Wildman–Crippen MR) is 92.8 cm³/mol. The Kier molecular flexibility index (Phi) is 30.0. The molecule has 1 unspecified atom stereocenters. The summed E-state index contributed by atoms with van der Waals surface area (Å²) < 4.78 is 0. The molecule has 0 spiro atoms. The summed E-state index contributed by atoms with van der Waals surface area (Å²) >= 11 is 0. The lowest BCUT2D eigenvalue weighted by atomic mass is 10.1. The standard InChI is InChI=1S/C15H32.BrH.H3P/c1-3-5-7-9-11-13-15-14-12-10-8-6-4-2;;/h3-15H2,1-2H3;1H;1H3. The summed E-state index contributed by atoms with van der Waals surface area (Å²) in [6.45, 7) is 4.58. The first-order valence-electron chi connectivity index (χ1n) is 7.41. The number of hydrogen-bond donors (Lipinski definition) is 0. The van der Waals surface area contributed by atoms with Crippen LogP contribution in [-0.2, 0) is 0 Å². The number of unbranched alkanes of at least 4 members (excludes halogenated alkanes) is 12. The van der Waals surface area contributed by atoms with E-state index in [-0.39, 0.29) is 26.9 Å². The van der Waals surface area contributed by atoms with Gasteiger partial charge in [-0.3, -0.25) is 0 Å². The Bertz CT molecular complexity index is 95.1. The summed E-state index contributed by atoms with van der Waals surface area (Å²) in [7, 11) is 0. The van der Waals surface area contributed by atoms with Crippen molar-refractivity contribution in [3.63, 3.8) is 0 Å². The van der Waals surface area contributed by atoms with Gasteiger partial charge in [-0.2, -0.15) is 9.90 Å². The SMILES string of the molecule is Br.CCCCCCCCCCCCCCC.P. The van der Waals surface area contributed by atoms with E-state index in [0.29, 0.717) is 0 Å². The molecule has 0 fully saturated rings. The Morgan fingerprint density at radius 3 is 0.765 bits per heavy atom. The highest BCUT2D eigenvalue weighted by Gasteiger charge is 1.92. The van der Waals surface area contributed by atoms with E-state index in [1.807, 2.05) is 0 Å². The summed E-state index contributed by atoms with van der Waals surface area (Å²) in [5.74, 6) is 0. The van der Waals surface area contributed by atoms with E-state index in [9.17, 15) is 0 Å². The lowest BCUT2D eigenvalue weighted by molar-refractivity contribution is 0.542. The third-order valence-electron chi connectivity index (χ3n) is 3.21. The van der Waals surface area contributed by atoms with Crippen LogP contribution in [0.2, 0.25) is 0 Å². The van der Waals surface area contributed by atoms with Gasteiger partial charge in [0.1, 0.15) is 0 Å². The summed E-state index contributed by atoms with van der Waals surface area (Å²) in [6.07, 6.45) is 18.9.